The molecular formula is C19H21N5O2. The maximum Gasteiger partial charge on any atom is 0.227 e. The molecule has 0 unspecified atom stereocenters. The van der Waals surface area contributed by atoms with Crippen molar-refractivity contribution >= 4 is 11.8 Å². The van der Waals surface area contributed by atoms with Gasteiger partial charge in [0.15, 0.2) is 0 Å². The summed E-state index contributed by atoms with van der Waals surface area (Å²) in [5.41, 5.74) is 2.71. The molecule has 3 heterocycles. The van der Waals surface area contributed by atoms with E-state index >= 15 is 0 Å². The maximum atomic E-state index is 9.57. The third-order valence-corrected chi connectivity index (χ3v) is 4.78. The molecule has 26 heavy (non-hydrogen) atoms. The molecule has 1 aromatic carbocycles. The van der Waals surface area contributed by atoms with Crippen molar-refractivity contribution in [2.24, 2.45) is 0 Å². The van der Waals surface area contributed by atoms with Crippen LogP contribution in [0.15, 0.2) is 30.3 Å². The van der Waals surface area contributed by atoms with Gasteiger partial charge in [-0.05, 0) is 24.1 Å². The van der Waals surface area contributed by atoms with E-state index in [1.165, 1.54) is 0 Å². The Kier molecular flexibility index (Phi) is 4.69. The van der Waals surface area contributed by atoms with Gasteiger partial charge in [0.2, 0.25) is 5.95 Å². The fourth-order valence-corrected chi connectivity index (χ4v) is 3.17. The van der Waals surface area contributed by atoms with Gasteiger partial charge in [-0.3, -0.25) is 0 Å². The fourth-order valence-electron chi connectivity index (χ4n) is 3.17. The van der Waals surface area contributed by atoms with Crippen LogP contribution in [0.5, 0.6) is 0 Å². The standard InChI is InChI=1S/C19H21N5O2/c20-8-13-1-3-14(4-2-13)9-21-18-7-17(15-5-6-26-12-15)22-19(23-18)24-10-16(25)11-24/h1-4,7,15-16,25H,5-6,9-12H2,(H,21,22,23)/t15-/m1/s1. The minimum absolute atomic E-state index is 0.290. The van der Waals surface area contributed by atoms with Gasteiger partial charge in [0.05, 0.1) is 30.0 Å². The Morgan fingerprint density at radius 2 is 2.08 bits per heavy atom. The molecule has 2 aliphatic rings. The van der Waals surface area contributed by atoms with Gasteiger partial charge in [-0.1, -0.05) is 12.1 Å². The number of ether oxygens (including phenoxy) is 1. The fraction of sp³-hybridized carbons (Fsp3) is 0.421. The van der Waals surface area contributed by atoms with Gasteiger partial charge in [-0.25, -0.2) is 4.98 Å². The average molecular weight is 351 g/mol. The van der Waals surface area contributed by atoms with Gasteiger partial charge in [0, 0.05) is 38.2 Å². The van der Waals surface area contributed by atoms with Crippen LogP contribution in [0.25, 0.3) is 0 Å². The largest absolute Gasteiger partial charge is 0.389 e. The molecule has 4 rings (SSSR count). The number of benzene rings is 1. The van der Waals surface area contributed by atoms with Gasteiger partial charge < -0.3 is 20.1 Å². The van der Waals surface area contributed by atoms with Crippen LogP contribution in [0, 0.1) is 11.3 Å². The molecule has 2 aliphatic heterocycles. The number of aliphatic hydroxyl groups excluding tert-OH is 1. The van der Waals surface area contributed by atoms with Crippen LogP contribution < -0.4 is 10.2 Å². The van der Waals surface area contributed by atoms with Crippen LogP contribution in [-0.4, -0.2) is 47.5 Å². The molecule has 1 aromatic heterocycles. The zero-order valence-electron chi connectivity index (χ0n) is 14.4. The zero-order chi connectivity index (χ0) is 17.9. The molecular weight excluding hydrogens is 330 g/mol. The summed E-state index contributed by atoms with van der Waals surface area (Å²) in [7, 11) is 0. The molecule has 7 heteroatoms. The Labute approximate surface area is 152 Å². The number of hydrogen-bond donors (Lipinski definition) is 2. The molecule has 0 amide bonds. The lowest BCUT2D eigenvalue weighted by Gasteiger charge is -2.36. The number of nitrogens with zero attached hydrogens (tertiary/aromatic N) is 4. The summed E-state index contributed by atoms with van der Waals surface area (Å²) in [6.07, 6.45) is 0.667. The van der Waals surface area contributed by atoms with Gasteiger partial charge in [0.25, 0.3) is 0 Å². The lowest BCUT2D eigenvalue weighted by atomic mass is 10.0. The average Bonchev–Trinajstić information content (AvgIpc) is 3.19. The number of hydrogen-bond acceptors (Lipinski definition) is 7. The van der Waals surface area contributed by atoms with E-state index in [2.05, 4.69) is 16.4 Å². The van der Waals surface area contributed by atoms with Crippen LogP contribution >= 0.6 is 0 Å². The van der Waals surface area contributed by atoms with Crippen molar-refractivity contribution in [3.8, 4) is 6.07 Å². The van der Waals surface area contributed by atoms with Crippen molar-refractivity contribution in [1.29, 1.82) is 5.26 Å². The zero-order valence-corrected chi connectivity index (χ0v) is 14.4. The van der Waals surface area contributed by atoms with Crippen LogP contribution in [0.4, 0.5) is 11.8 Å². The number of β-amino-alcohol motifs (C(OH)–C–C–N with tert-alkyl or cyclic N) is 1. The smallest absolute Gasteiger partial charge is 0.227 e. The summed E-state index contributed by atoms with van der Waals surface area (Å²) in [6.45, 7) is 3.21. The van der Waals surface area contributed by atoms with Crippen molar-refractivity contribution in [2.75, 3.05) is 36.5 Å². The van der Waals surface area contributed by atoms with E-state index in [9.17, 15) is 5.11 Å². The molecule has 0 spiro atoms. The predicted molar refractivity (Wildman–Crippen MR) is 96.9 cm³/mol. The second-order valence-corrected chi connectivity index (χ2v) is 6.76. The van der Waals surface area contributed by atoms with Gasteiger partial charge >= 0.3 is 0 Å². The Morgan fingerprint density at radius 1 is 1.27 bits per heavy atom. The highest BCUT2D eigenvalue weighted by Gasteiger charge is 2.28. The number of aromatic nitrogens is 2. The third kappa shape index (κ3) is 3.62. The number of aliphatic hydroxyl groups is 1. The van der Waals surface area contributed by atoms with E-state index in [1.807, 2.05) is 35.2 Å². The molecule has 134 valence electrons. The minimum Gasteiger partial charge on any atom is -0.389 e. The first-order valence-electron chi connectivity index (χ1n) is 8.84. The molecule has 1 atom stereocenters. The molecule has 0 radical (unpaired) electrons. The molecule has 2 aromatic rings. The summed E-state index contributed by atoms with van der Waals surface area (Å²) in [4.78, 5) is 11.3. The number of nitrogens with one attached hydrogen (secondary N) is 1. The topological polar surface area (TPSA) is 94.3 Å². The second kappa shape index (κ2) is 7.28. The summed E-state index contributed by atoms with van der Waals surface area (Å²) in [5.74, 6) is 1.71. The van der Waals surface area contributed by atoms with E-state index in [4.69, 9.17) is 15.0 Å². The first kappa shape index (κ1) is 16.8. The maximum absolute atomic E-state index is 9.57. The predicted octanol–water partition coefficient (Wildman–Crippen LogP) is 1.65. The molecule has 0 aliphatic carbocycles. The first-order valence-corrected chi connectivity index (χ1v) is 8.84. The quantitative estimate of drug-likeness (QED) is 0.846. The number of nitriles is 1. The lowest BCUT2D eigenvalue weighted by Crippen LogP contribution is -2.51. The highest BCUT2D eigenvalue weighted by molar-refractivity contribution is 5.47. The molecule has 7 nitrogen and oxygen atoms in total. The Hall–Kier alpha value is -2.69. The van der Waals surface area contributed by atoms with Crippen molar-refractivity contribution in [3.05, 3.63) is 47.2 Å². The number of anilines is 2. The Bertz CT molecular complexity index is 806. The van der Waals surface area contributed by atoms with Crippen molar-refractivity contribution in [2.45, 2.75) is 25.0 Å². The summed E-state index contributed by atoms with van der Waals surface area (Å²) in [6, 6.07) is 11.6. The Balaban J connectivity index is 1.52. The van der Waals surface area contributed by atoms with Crippen LogP contribution in [0.2, 0.25) is 0 Å². The Morgan fingerprint density at radius 3 is 2.73 bits per heavy atom. The summed E-state index contributed by atoms with van der Waals surface area (Å²) < 4.78 is 5.50. The third-order valence-electron chi connectivity index (χ3n) is 4.78. The van der Waals surface area contributed by atoms with Gasteiger partial charge in [0.1, 0.15) is 5.82 Å². The highest BCUT2D eigenvalue weighted by Crippen LogP contribution is 2.28. The molecule has 0 bridgehead atoms. The van der Waals surface area contributed by atoms with Crippen LogP contribution in [0.1, 0.15) is 29.2 Å². The van der Waals surface area contributed by atoms with E-state index in [0.717, 1.165) is 30.1 Å². The van der Waals surface area contributed by atoms with E-state index < -0.39 is 0 Å². The van der Waals surface area contributed by atoms with Gasteiger partial charge in [-0.2, -0.15) is 10.2 Å². The summed E-state index contributed by atoms with van der Waals surface area (Å²) >= 11 is 0. The lowest BCUT2D eigenvalue weighted by molar-refractivity contribution is 0.140. The molecule has 0 saturated carbocycles. The van der Waals surface area contributed by atoms with Crippen LogP contribution in [-0.2, 0) is 11.3 Å². The van der Waals surface area contributed by atoms with E-state index in [1.54, 1.807) is 0 Å². The molecule has 2 N–H and O–H groups in total. The van der Waals surface area contributed by atoms with Crippen molar-refractivity contribution < 1.29 is 9.84 Å². The van der Waals surface area contributed by atoms with Gasteiger partial charge in [-0.15, -0.1) is 0 Å². The van der Waals surface area contributed by atoms with Crippen molar-refractivity contribution in [3.63, 3.8) is 0 Å². The number of rotatable bonds is 5. The SMILES string of the molecule is N#Cc1ccc(CNc2cc([C@@H]3CCOC3)nc(N3CC(O)C3)n2)cc1. The minimum atomic E-state index is -0.299. The van der Waals surface area contributed by atoms with E-state index in [-0.39, 0.29) is 6.10 Å². The normalized spacial score (nSPS) is 19.8. The molecule has 2 saturated heterocycles. The molecule has 2 fully saturated rings. The van der Waals surface area contributed by atoms with E-state index in [0.29, 0.717) is 43.7 Å². The summed E-state index contributed by atoms with van der Waals surface area (Å²) in [5, 5.41) is 21.8. The second-order valence-electron chi connectivity index (χ2n) is 6.76. The highest BCUT2D eigenvalue weighted by atomic mass is 16.5. The van der Waals surface area contributed by atoms with Crippen molar-refractivity contribution in [1.82, 2.24) is 9.97 Å². The first-order chi connectivity index (χ1) is 12.7. The monoisotopic (exact) mass is 351 g/mol. The van der Waals surface area contributed by atoms with Crippen LogP contribution in [0.3, 0.4) is 0 Å².